The SMILES string of the molecule is C=CCNC(=O)OC1CCN(c2nccc3nc(NCc4ccccc4Cl)ncc23)CC1. The molecule has 1 fully saturated rings. The van der Waals surface area contributed by atoms with Gasteiger partial charge in [-0.1, -0.05) is 35.9 Å². The van der Waals surface area contributed by atoms with Gasteiger partial charge >= 0.3 is 6.09 Å². The minimum Gasteiger partial charge on any atom is -0.446 e. The van der Waals surface area contributed by atoms with E-state index in [1.807, 2.05) is 30.3 Å². The van der Waals surface area contributed by atoms with Crippen molar-refractivity contribution >= 4 is 40.4 Å². The highest BCUT2D eigenvalue weighted by atomic mass is 35.5. The van der Waals surface area contributed by atoms with E-state index in [0.29, 0.717) is 24.1 Å². The van der Waals surface area contributed by atoms with Crippen LogP contribution < -0.4 is 15.5 Å². The summed E-state index contributed by atoms with van der Waals surface area (Å²) in [4.78, 5) is 27.6. The summed E-state index contributed by atoms with van der Waals surface area (Å²) in [6.07, 6.45) is 6.13. The van der Waals surface area contributed by atoms with Gasteiger partial charge in [0.15, 0.2) is 0 Å². The van der Waals surface area contributed by atoms with Crippen LogP contribution >= 0.6 is 11.6 Å². The zero-order valence-electron chi connectivity index (χ0n) is 17.6. The molecular formula is C23H25ClN6O2. The summed E-state index contributed by atoms with van der Waals surface area (Å²) < 4.78 is 5.47. The largest absolute Gasteiger partial charge is 0.446 e. The van der Waals surface area contributed by atoms with Crippen LogP contribution in [0.1, 0.15) is 18.4 Å². The van der Waals surface area contributed by atoms with Gasteiger partial charge in [-0.3, -0.25) is 0 Å². The summed E-state index contributed by atoms with van der Waals surface area (Å²) in [6, 6.07) is 9.55. The molecule has 166 valence electrons. The fourth-order valence-corrected chi connectivity index (χ4v) is 3.83. The lowest BCUT2D eigenvalue weighted by Crippen LogP contribution is -2.40. The molecule has 4 rings (SSSR count). The molecule has 1 saturated heterocycles. The van der Waals surface area contributed by atoms with E-state index in [1.165, 1.54) is 0 Å². The molecule has 0 unspecified atom stereocenters. The van der Waals surface area contributed by atoms with Crippen LogP contribution in [-0.4, -0.2) is 46.8 Å². The first kappa shape index (κ1) is 21.8. The Morgan fingerprint density at radius 3 is 2.84 bits per heavy atom. The van der Waals surface area contributed by atoms with Crippen LogP contribution in [0.25, 0.3) is 10.9 Å². The molecule has 0 bridgehead atoms. The second kappa shape index (κ2) is 10.3. The highest BCUT2D eigenvalue weighted by Gasteiger charge is 2.24. The predicted octanol–water partition coefficient (Wildman–Crippen LogP) is 4.17. The van der Waals surface area contributed by atoms with Crippen molar-refractivity contribution in [3.8, 4) is 0 Å². The predicted molar refractivity (Wildman–Crippen MR) is 126 cm³/mol. The number of halogens is 1. The molecule has 2 aromatic heterocycles. The number of nitrogens with zero attached hydrogens (tertiary/aromatic N) is 4. The van der Waals surface area contributed by atoms with Crippen molar-refractivity contribution in [2.45, 2.75) is 25.5 Å². The maximum Gasteiger partial charge on any atom is 0.407 e. The number of rotatable bonds is 7. The first-order valence-electron chi connectivity index (χ1n) is 10.5. The zero-order valence-corrected chi connectivity index (χ0v) is 18.4. The minimum atomic E-state index is -0.406. The van der Waals surface area contributed by atoms with E-state index in [4.69, 9.17) is 16.3 Å². The quantitative estimate of drug-likeness (QED) is 0.519. The van der Waals surface area contributed by atoms with Gasteiger partial charge in [0.25, 0.3) is 0 Å². The van der Waals surface area contributed by atoms with Crippen LogP contribution in [0, 0.1) is 0 Å². The number of amides is 1. The number of piperidine rings is 1. The summed E-state index contributed by atoms with van der Waals surface area (Å²) >= 11 is 6.22. The second-order valence-electron chi connectivity index (χ2n) is 7.47. The number of alkyl carbamates (subject to hydrolysis) is 1. The smallest absolute Gasteiger partial charge is 0.407 e. The molecule has 1 aliphatic heterocycles. The molecule has 0 radical (unpaired) electrons. The number of ether oxygens (including phenoxy) is 1. The monoisotopic (exact) mass is 452 g/mol. The van der Waals surface area contributed by atoms with Crippen LogP contribution in [0.4, 0.5) is 16.6 Å². The van der Waals surface area contributed by atoms with E-state index in [-0.39, 0.29) is 6.10 Å². The third-order valence-corrected chi connectivity index (χ3v) is 5.66. The van der Waals surface area contributed by atoms with Crippen LogP contribution in [-0.2, 0) is 11.3 Å². The average Bonchev–Trinajstić information content (AvgIpc) is 2.82. The summed E-state index contributed by atoms with van der Waals surface area (Å²) in [5.74, 6) is 1.38. The Morgan fingerprint density at radius 2 is 2.06 bits per heavy atom. The number of pyridine rings is 1. The highest BCUT2D eigenvalue weighted by Crippen LogP contribution is 2.27. The van der Waals surface area contributed by atoms with Crippen molar-refractivity contribution in [2.24, 2.45) is 0 Å². The van der Waals surface area contributed by atoms with Crippen molar-refractivity contribution in [1.82, 2.24) is 20.3 Å². The van der Waals surface area contributed by atoms with E-state index in [2.05, 4.69) is 37.1 Å². The van der Waals surface area contributed by atoms with Crippen LogP contribution in [0.5, 0.6) is 0 Å². The number of carbonyl (C=O) groups is 1. The summed E-state index contributed by atoms with van der Waals surface area (Å²) in [7, 11) is 0. The van der Waals surface area contributed by atoms with Crippen molar-refractivity contribution in [3.63, 3.8) is 0 Å². The molecule has 2 N–H and O–H groups in total. The Kier molecular flexibility index (Phi) is 7.01. The lowest BCUT2D eigenvalue weighted by molar-refractivity contribution is 0.0840. The van der Waals surface area contributed by atoms with Gasteiger partial charge < -0.3 is 20.3 Å². The lowest BCUT2D eigenvalue weighted by atomic mass is 10.1. The van der Waals surface area contributed by atoms with Crippen molar-refractivity contribution in [2.75, 3.05) is 29.9 Å². The summed E-state index contributed by atoms with van der Waals surface area (Å²) in [5.41, 5.74) is 1.80. The van der Waals surface area contributed by atoms with E-state index >= 15 is 0 Å². The van der Waals surface area contributed by atoms with Gasteiger partial charge in [0.1, 0.15) is 11.9 Å². The number of aromatic nitrogens is 3. The minimum absolute atomic E-state index is 0.108. The molecule has 0 spiro atoms. The first-order valence-corrected chi connectivity index (χ1v) is 10.9. The van der Waals surface area contributed by atoms with Gasteiger partial charge in [-0.2, -0.15) is 0 Å². The average molecular weight is 453 g/mol. The van der Waals surface area contributed by atoms with Gasteiger partial charge in [0.05, 0.1) is 10.9 Å². The fourth-order valence-electron chi connectivity index (χ4n) is 3.63. The molecule has 0 aliphatic carbocycles. The number of hydrogen-bond donors (Lipinski definition) is 2. The van der Waals surface area contributed by atoms with Crippen LogP contribution in [0.3, 0.4) is 0 Å². The van der Waals surface area contributed by atoms with Crippen molar-refractivity contribution in [1.29, 1.82) is 0 Å². The number of anilines is 2. The molecule has 1 aromatic carbocycles. The normalized spacial score (nSPS) is 14.2. The van der Waals surface area contributed by atoms with Gasteiger partial charge in [0.2, 0.25) is 5.95 Å². The third-order valence-electron chi connectivity index (χ3n) is 5.29. The Bertz CT molecular complexity index is 1100. The fraction of sp³-hybridized carbons (Fsp3) is 0.304. The second-order valence-corrected chi connectivity index (χ2v) is 7.87. The Balaban J connectivity index is 1.40. The molecule has 3 heterocycles. The van der Waals surface area contributed by atoms with Crippen LogP contribution in [0.2, 0.25) is 5.02 Å². The molecule has 8 nitrogen and oxygen atoms in total. The van der Waals surface area contributed by atoms with Gasteiger partial charge in [-0.15, -0.1) is 6.58 Å². The van der Waals surface area contributed by atoms with E-state index in [9.17, 15) is 4.79 Å². The summed E-state index contributed by atoms with van der Waals surface area (Å²) in [5, 5.41) is 7.47. The Labute approximate surface area is 191 Å². The van der Waals surface area contributed by atoms with E-state index < -0.39 is 6.09 Å². The van der Waals surface area contributed by atoms with Crippen LogP contribution in [0.15, 0.2) is 55.4 Å². The maximum atomic E-state index is 11.8. The molecule has 9 heteroatoms. The topological polar surface area (TPSA) is 92.3 Å². The van der Waals surface area contributed by atoms with Crippen molar-refractivity contribution in [3.05, 3.63) is 66.0 Å². The molecule has 0 saturated carbocycles. The van der Waals surface area contributed by atoms with E-state index in [1.54, 1.807) is 18.5 Å². The molecule has 1 amide bonds. The van der Waals surface area contributed by atoms with Gasteiger partial charge in [-0.05, 0) is 17.7 Å². The summed E-state index contributed by atoms with van der Waals surface area (Å²) in [6.45, 7) is 5.98. The number of hydrogen-bond acceptors (Lipinski definition) is 7. The third kappa shape index (κ3) is 5.26. The van der Waals surface area contributed by atoms with Gasteiger partial charge in [-0.25, -0.2) is 19.7 Å². The number of carbonyl (C=O) groups excluding carboxylic acids is 1. The van der Waals surface area contributed by atoms with E-state index in [0.717, 1.165) is 48.2 Å². The van der Waals surface area contributed by atoms with Crippen molar-refractivity contribution < 1.29 is 9.53 Å². The number of fused-ring (bicyclic) bond motifs is 1. The Morgan fingerprint density at radius 1 is 1.25 bits per heavy atom. The van der Waals surface area contributed by atoms with Gasteiger partial charge in [0, 0.05) is 56.4 Å². The zero-order chi connectivity index (χ0) is 22.3. The lowest BCUT2D eigenvalue weighted by Gasteiger charge is -2.32. The Hall–Kier alpha value is -3.39. The first-order chi connectivity index (χ1) is 15.6. The highest BCUT2D eigenvalue weighted by molar-refractivity contribution is 6.31. The molecule has 0 atom stereocenters. The standard InChI is InChI=1S/C23H25ClN6O2/c1-2-10-26-23(31)32-17-8-12-30(13-9-17)21-18-15-28-22(29-20(18)7-11-25-21)27-14-16-5-3-4-6-19(16)24/h2-7,11,15,17H,1,8-10,12-14H2,(H,26,31)(H,27,28,29). The molecule has 3 aromatic rings. The molecule has 1 aliphatic rings. The number of benzene rings is 1. The molecular weight excluding hydrogens is 428 g/mol. The molecule has 32 heavy (non-hydrogen) atoms. The number of nitrogens with one attached hydrogen (secondary N) is 2. The maximum absolute atomic E-state index is 11.8.